The zero-order valence-corrected chi connectivity index (χ0v) is 18.2. The van der Waals surface area contributed by atoms with Crippen LogP contribution in [0.5, 0.6) is 0 Å². The fraction of sp³-hybridized carbons (Fsp3) is 0.400. The molecule has 0 atom stereocenters. The summed E-state index contributed by atoms with van der Waals surface area (Å²) in [5.74, 6) is -0.366. The summed E-state index contributed by atoms with van der Waals surface area (Å²) in [7, 11) is -3.71. The molecule has 176 valence electrons. The predicted molar refractivity (Wildman–Crippen MR) is 112 cm³/mol. The molecule has 1 saturated heterocycles. The standard InChI is InChI=1S/C20H21F3N6O3S/c21-20(22,23)12-29-5-3-16(4-6-29)33(31,32)17-2-1-15(24-11-17)10-26-19(30)14-7-13-9-27-28-18(13)25-8-14/h1-2,7-9,11,16H,3-6,10,12H2,(H,26,30)(H,25,27,28). The van der Waals surface area contributed by atoms with Crippen LogP contribution in [-0.2, 0) is 16.4 Å². The van der Waals surface area contributed by atoms with E-state index in [2.05, 4.69) is 25.5 Å². The summed E-state index contributed by atoms with van der Waals surface area (Å²) in [6, 6.07) is 4.55. The van der Waals surface area contributed by atoms with Gasteiger partial charge in [-0.3, -0.25) is 19.8 Å². The lowest BCUT2D eigenvalue weighted by Gasteiger charge is -2.32. The maximum atomic E-state index is 12.9. The number of carbonyl (C=O) groups is 1. The molecule has 1 fully saturated rings. The van der Waals surface area contributed by atoms with Crippen molar-refractivity contribution in [3.8, 4) is 0 Å². The molecule has 1 aliphatic heterocycles. The van der Waals surface area contributed by atoms with Crippen LogP contribution in [-0.4, -0.2) is 70.5 Å². The molecule has 0 radical (unpaired) electrons. The van der Waals surface area contributed by atoms with Crippen molar-refractivity contribution in [1.29, 1.82) is 0 Å². The Labute approximate surface area is 187 Å². The smallest absolute Gasteiger partial charge is 0.346 e. The van der Waals surface area contributed by atoms with Gasteiger partial charge in [-0.25, -0.2) is 13.4 Å². The molecule has 1 aliphatic rings. The van der Waals surface area contributed by atoms with E-state index in [4.69, 9.17) is 0 Å². The second-order valence-electron chi connectivity index (χ2n) is 7.84. The molecule has 3 aromatic rings. The van der Waals surface area contributed by atoms with Crippen LogP contribution in [0.3, 0.4) is 0 Å². The van der Waals surface area contributed by atoms with Gasteiger partial charge < -0.3 is 5.32 Å². The number of pyridine rings is 2. The molecule has 0 aliphatic carbocycles. The highest BCUT2D eigenvalue weighted by molar-refractivity contribution is 7.92. The van der Waals surface area contributed by atoms with E-state index in [1.807, 2.05) is 0 Å². The first-order valence-electron chi connectivity index (χ1n) is 10.2. The molecule has 9 nitrogen and oxygen atoms in total. The maximum Gasteiger partial charge on any atom is 0.401 e. The molecule has 4 heterocycles. The monoisotopic (exact) mass is 482 g/mol. The second-order valence-corrected chi connectivity index (χ2v) is 10.1. The highest BCUT2D eigenvalue weighted by atomic mass is 32.2. The van der Waals surface area contributed by atoms with E-state index in [-0.39, 0.29) is 43.3 Å². The Hall–Kier alpha value is -3.06. The molecular weight excluding hydrogens is 461 g/mol. The van der Waals surface area contributed by atoms with Crippen molar-refractivity contribution in [1.82, 2.24) is 30.4 Å². The molecule has 0 aromatic carbocycles. The molecule has 0 bridgehead atoms. The summed E-state index contributed by atoms with van der Waals surface area (Å²) in [5.41, 5.74) is 1.37. The first-order chi connectivity index (χ1) is 15.6. The first-order valence-corrected chi connectivity index (χ1v) is 11.7. The van der Waals surface area contributed by atoms with Gasteiger partial charge in [-0.2, -0.15) is 18.3 Å². The van der Waals surface area contributed by atoms with Gasteiger partial charge in [-0.05, 0) is 44.1 Å². The number of nitrogens with one attached hydrogen (secondary N) is 2. The predicted octanol–water partition coefficient (Wildman–Crippen LogP) is 2.08. The van der Waals surface area contributed by atoms with E-state index >= 15 is 0 Å². The molecule has 0 saturated carbocycles. The number of fused-ring (bicyclic) bond motifs is 1. The van der Waals surface area contributed by atoms with Crippen molar-refractivity contribution in [2.45, 2.75) is 35.7 Å². The van der Waals surface area contributed by atoms with Crippen molar-refractivity contribution in [3.05, 3.63) is 48.0 Å². The van der Waals surface area contributed by atoms with Crippen molar-refractivity contribution in [2.24, 2.45) is 0 Å². The summed E-state index contributed by atoms with van der Waals surface area (Å²) in [6.45, 7) is -0.813. The average Bonchev–Trinajstić information content (AvgIpc) is 3.25. The van der Waals surface area contributed by atoms with Crippen LogP contribution in [0, 0.1) is 0 Å². The van der Waals surface area contributed by atoms with E-state index in [0.29, 0.717) is 22.3 Å². The van der Waals surface area contributed by atoms with Gasteiger partial charge in [0.15, 0.2) is 15.5 Å². The zero-order chi connectivity index (χ0) is 23.6. The van der Waals surface area contributed by atoms with Crippen molar-refractivity contribution in [2.75, 3.05) is 19.6 Å². The minimum absolute atomic E-state index is 0.0152. The van der Waals surface area contributed by atoms with Crippen LogP contribution in [0.1, 0.15) is 28.9 Å². The number of aromatic amines is 1. The number of halogens is 3. The minimum atomic E-state index is -4.30. The van der Waals surface area contributed by atoms with Gasteiger partial charge in [-0.1, -0.05) is 0 Å². The summed E-state index contributed by atoms with van der Waals surface area (Å²) < 4.78 is 63.3. The van der Waals surface area contributed by atoms with Crippen LogP contribution in [0.2, 0.25) is 0 Å². The van der Waals surface area contributed by atoms with Crippen molar-refractivity contribution < 1.29 is 26.4 Å². The topological polar surface area (TPSA) is 121 Å². The third kappa shape index (κ3) is 5.47. The summed E-state index contributed by atoms with van der Waals surface area (Å²) in [6.07, 6.45) is 0.150. The van der Waals surface area contributed by atoms with E-state index in [1.165, 1.54) is 29.4 Å². The van der Waals surface area contributed by atoms with Gasteiger partial charge in [-0.15, -0.1) is 0 Å². The molecule has 0 spiro atoms. The highest BCUT2D eigenvalue weighted by Gasteiger charge is 2.36. The number of alkyl halides is 3. The van der Waals surface area contributed by atoms with Crippen LogP contribution in [0.4, 0.5) is 13.2 Å². The number of likely N-dealkylation sites (tertiary alicyclic amines) is 1. The van der Waals surface area contributed by atoms with Crippen LogP contribution in [0.25, 0.3) is 11.0 Å². The third-order valence-corrected chi connectivity index (χ3v) is 7.73. The number of rotatable bonds is 6. The Morgan fingerprint density at radius 2 is 1.91 bits per heavy atom. The van der Waals surface area contributed by atoms with E-state index in [9.17, 15) is 26.4 Å². The number of hydrogen-bond donors (Lipinski definition) is 2. The van der Waals surface area contributed by atoms with Crippen molar-refractivity contribution >= 4 is 26.8 Å². The summed E-state index contributed by atoms with van der Waals surface area (Å²) in [5, 5.41) is 9.19. The SMILES string of the molecule is O=C(NCc1ccc(S(=O)(=O)C2CCN(CC(F)(F)F)CC2)cn1)c1cnc2[nH]ncc2c1. The van der Waals surface area contributed by atoms with Gasteiger partial charge in [0, 0.05) is 17.8 Å². The second kappa shape index (κ2) is 9.06. The van der Waals surface area contributed by atoms with Gasteiger partial charge in [0.2, 0.25) is 0 Å². The van der Waals surface area contributed by atoms with E-state index in [0.717, 1.165) is 0 Å². The average molecular weight is 482 g/mol. The molecule has 13 heteroatoms. The fourth-order valence-electron chi connectivity index (χ4n) is 3.74. The molecule has 4 rings (SSSR count). The molecule has 3 aromatic heterocycles. The van der Waals surface area contributed by atoms with Gasteiger partial charge >= 0.3 is 6.18 Å². The highest BCUT2D eigenvalue weighted by Crippen LogP contribution is 2.26. The van der Waals surface area contributed by atoms with E-state index in [1.54, 1.807) is 12.3 Å². The molecule has 2 N–H and O–H groups in total. The number of nitrogens with zero attached hydrogens (tertiary/aromatic N) is 4. The Kier molecular flexibility index (Phi) is 6.34. The molecule has 33 heavy (non-hydrogen) atoms. The largest absolute Gasteiger partial charge is 0.401 e. The molecule has 1 amide bonds. The van der Waals surface area contributed by atoms with Crippen LogP contribution in [0.15, 0.2) is 41.7 Å². The van der Waals surface area contributed by atoms with Crippen molar-refractivity contribution in [3.63, 3.8) is 0 Å². The minimum Gasteiger partial charge on any atom is -0.346 e. The summed E-state index contributed by atoms with van der Waals surface area (Å²) in [4.78, 5) is 21.8. The number of amides is 1. The van der Waals surface area contributed by atoms with Gasteiger partial charge in [0.25, 0.3) is 5.91 Å². The zero-order valence-electron chi connectivity index (χ0n) is 17.3. The number of aromatic nitrogens is 4. The Balaban J connectivity index is 1.34. The lowest BCUT2D eigenvalue weighted by Crippen LogP contribution is -2.43. The van der Waals surface area contributed by atoms with Gasteiger partial charge in [0.1, 0.15) is 0 Å². The number of sulfone groups is 1. The van der Waals surface area contributed by atoms with Crippen LogP contribution < -0.4 is 5.32 Å². The Bertz CT molecular complexity index is 1240. The third-order valence-electron chi connectivity index (χ3n) is 5.49. The lowest BCUT2D eigenvalue weighted by molar-refractivity contribution is -0.147. The number of piperidine rings is 1. The number of H-pyrrole nitrogens is 1. The maximum absolute atomic E-state index is 12.9. The summed E-state index contributed by atoms with van der Waals surface area (Å²) >= 11 is 0. The van der Waals surface area contributed by atoms with Crippen LogP contribution >= 0.6 is 0 Å². The number of hydrogen-bond acceptors (Lipinski definition) is 7. The Morgan fingerprint density at radius 3 is 2.58 bits per heavy atom. The number of carbonyl (C=O) groups excluding carboxylic acids is 1. The fourth-order valence-corrected chi connectivity index (χ4v) is 5.41. The van der Waals surface area contributed by atoms with Gasteiger partial charge in [0.05, 0.1) is 40.7 Å². The molecular formula is C20H21F3N6O3S. The lowest BCUT2D eigenvalue weighted by atomic mass is 10.1. The normalized spacial score (nSPS) is 16.2. The molecule has 0 unspecified atom stereocenters. The van der Waals surface area contributed by atoms with E-state index < -0.39 is 27.8 Å². The Morgan fingerprint density at radius 1 is 1.15 bits per heavy atom. The quantitative estimate of drug-likeness (QED) is 0.552. The first kappa shape index (κ1) is 23.1.